The van der Waals surface area contributed by atoms with E-state index in [0.717, 1.165) is 40.2 Å². The van der Waals surface area contributed by atoms with Gasteiger partial charge in [-0.2, -0.15) is 0 Å². The highest BCUT2D eigenvalue weighted by Gasteiger charge is 2.06. The van der Waals surface area contributed by atoms with Crippen LogP contribution in [0.25, 0.3) is 10.6 Å². The fraction of sp³-hybridized carbons (Fsp3) is 0.316. The molecule has 0 unspecified atom stereocenters. The molecule has 3 aromatic rings. The molecule has 0 atom stereocenters. The summed E-state index contributed by atoms with van der Waals surface area (Å²) < 4.78 is 0. The van der Waals surface area contributed by atoms with Crippen molar-refractivity contribution in [3.8, 4) is 10.6 Å². The van der Waals surface area contributed by atoms with Gasteiger partial charge in [-0.15, -0.1) is 46.7 Å². The molecule has 0 saturated carbocycles. The van der Waals surface area contributed by atoms with Crippen molar-refractivity contribution in [2.45, 2.75) is 33.4 Å². The number of benzene rings is 1. The Morgan fingerprint density at radius 2 is 1.96 bits per heavy atom. The second kappa shape index (κ2) is 11.4. The molecule has 0 saturated heterocycles. The van der Waals surface area contributed by atoms with Crippen molar-refractivity contribution in [2.24, 2.45) is 4.99 Å². The van der Waals surface area contributed by atoms with Gasteiger partial charge in [0.25, 0.3) is 0 Å². The number of guanidine groups is 1. The summed E-state index contributed by atoms with van der Waals surface area (Å²) in [5.41, 5.74) is 2.13. The van der Waals surface area contributed by atoms with E-state index in [4.69, 9.17) is 4.98 Å². The lowest BCUT2D eigenvalue weighted by Crippen LogP contribution is -2.36. The molecule has 2 N–H and O–H groups in total. The van der Waals surface area contributed by atoms with E-state index in [2.05, 4.69) is 52.0 Å². The quantitative estimate of drug-likeness (QED) is 0.273. The summed E-state index contributed by atoms with van der Waals surface area (Å²) in [6.45, 7) is 6.26. The van der Waals surface area contributed by atoms with Gasteiger partial charge in [-0.05, 0) is 13.3 Å². The normalized spacial score (nSPS) is 11.1. The second-order valence-electron chi connectivity index (χ2n) is 5.63. The molecule has 1 aromatic carbocycles. The van der Waals surface area contributed by atoms with Crippen molar-refractivity contribution in [2.75, 3.05) is 6.54 Å². The second-order valence-corrected chi connectivity index (χ2v) is 7.69. The highest BCUT2D eigenvalue weighted by molar-refractivity contribution is 14.0. The van der Waals surface area contributed by atoms with Crippen molar-refractivity contribution < 1.29 is 0 Å². The zero-order valence-corrected chi connectivity index (χ0v) is 19.4. The zero-order chi connectivity index (χ0) is 18.2. The van der Waals surface area contributed by atoms with E-state index in [1.807, 2.05) is 24.4 Å². The van der Waals surface area contributed by atoms with E-state index < -0.39 is 0 Å². The van der Waals surface area contributed by atoms with Crippen LogP contribution in [0.5, 0.6) is 0 Å². The summed E-state index contributed by atoms with van der Waals surface area (Å²) >= 11 is 3.39. The van der Waals surface area contributed by atoms with Crippen molar-refractivity contribution in [3.63, 3.8) is 0 Å². The van der Waals surface area contributed by atoms with Gasteiger partial charge in [0.2, 0.25) is 0 Å². The van der Waals surface area contributed by atoms with Crippen LogP contribution in [-0.2, 0) is 19.5 Å². The number of aromatic nitrogens is 2. The third kappa shape index (κ3) is 6.54. The molecule has 0 bridgehead atoms. The first-order valence-electron chi connectivity index (χ1n) is 8.74. The number of nitrogens with zero attached hydrogens (tertiary/aromatic N) is 3. The highest BCUT2D eigenvalue weighted by atomic mass is 127. The Labute approximate surface area is 185 Å². The summed E-state index contributed by atoms with van der Waals surface area (Å²) in [5, 5.41) is 10.8. The van der Waals surface area contributed by atoms with Gasteiger partial charge in [0.15, 0.2) is 5.96 Å². The minimum atomic E-state index is 0. The van der Waals surface area contributed by atoms with Crippen LogP contribution < -0.4 is 10.6 Å². The van der Waals surface area contributed by atoms with E-state index in [-0.39, 0.29) is 24.0 Å². The zero-order valence-electron chi connectivity index (χ0n) is 15.4. The fourth-order valence-corrected chi connectivity index (χ4v) is 3.97. The van der Waals surface area contributed by atoms with Crippen LogP contribution in [0, 0.1) is 0 Å². The topological polar surface area (TPSA) is 62.2 Å². The molecular formula is C19H24IN5S2. The Morgan fingerprint density at radius 3 is 2.67 bits per heavy atom. The van der Waals surface area contributed by atoms with Crippen LogP contribution in [0.15, 0.2) is 46.9 Å². The van der Waals surface area contributed by atoms with Gasteiger partial charge >= 0.3 is 0 Å². The van der Waals surface area contributed by atoms with Gasteiger partial charge in [0.05, 0.1) is 18.8 Å². The summed E-state index contributed by atoms with van der Waals surface area (Å²) in [4.78, 5) is 15.1. The van der Waals surface area contributed by atoms with Crippen molar-refractivity contribution in [1.29, 1.82) is 0 Å². The van der Waals surface area contributed by atoms with Crippen LogP contribution >= 0.6 is 46.7 Å². The minimum absolute atomic E-state index is 0. The first-order valence-corrected chi connectivity index (χ1v) is 10.4. The number of hydrogen-bond donors (Lipinski definition) is 2. The molecular weight excluding hydrogens is 489 g/mol. The lowest BCUT2D eigenvalue weighted by atomic mass is 10.2. The number of hydrogen-bond acceptors (Lipinski definition) is 5. The molecule has 0 aliphatic heterocycles. The van der Waals surface area contributed by atoms with E-state index >= 15 is 0 Å². The van der Waals surface area contributed by atoms with Crippen LogP contribution in [0.3, 0.4) is 0 Å². The molecule has 0 fully saturated rings. The number of aliphatic imine (C=N–C) groups is 1. The standard InChI is InChI=1S/C19H23N5S2.HI/c1-3-16-11-21-17(26-16)12-23-19(20-4-2)22-10-15-13-25-18(24-15)14-8-6-5-7-9-14;/h5-9,11,13H,3-4,10,12H2,1-2H3,(H2,20,22,23);1H. The van der Waals surface area contributed by atoms with E-state index in [9.17, 15) is 0 Å². The largest absolute Gasteiger partial charge is 0.357 e. The van der Waals surface area contributed by atoms with Gasteiger partial charge in [-0.25, -0.2) is 15.0 Å². The average Bonchev–Trinajstić information content (AvgIpc) is 3.34. The van der Waals surface area contributed by atoms with Crippen molar-refractivity contribution in [3.05, 3.63) is 57.5 Å². The first kappa shape index (κ1) is 21.8. The summed E-state index contributed by atoms with van der Waals surface area (Å²) in [6, 6.07) is 10.2. The maximum absolute atomic E-state index is 4.69. The Bertz CT molecular complexity index is 845. The SMILES string of the molecule is CCNC(=NCc1csc(-c2ccccc2)n1)NCc1ncc(CC)s1.I. The van der Waals surface area contributed by atoms with E-state index in [1.54, 1.807) is 22.7 Å². The summed E-state index contributed by atoms with van der Waals surface area (Å²) in [7, 11) is 0. The van der Waals surface area contributed by atoms with Gasteiger partial charge < -0.3 is 10.6 Å². The van der Waals surface area contributed by atoms with Gasteiger partial charge in [0.1, 0.15) is 10.0 Å². The highest BCUT2D eigenvalue weighted by Crippen LogP contribution is 2.23. The number of halogens is 1. The number of thiazole rings is 2. The maximum Gasteiger partial charge on any atom is 0.191 e. The van der Waals surface area contributed by atoms with Crippen molar-refractivity contribution >= 4 is 52.6 Å². The minimum Gasteiger partial charge on any atom is -0.357 e. The van der Waals surface area contributed by atoms with E-state index in [1.165, 1.54) is 4.88 Å². The monoisotopic (exact) mass is 513 g/mol. The third-order valence-corrected chi connectivity index (χ3v) is 5.75. The molecule has 27 heavy (non-hydrogen) atoms. The Kier molecular flexibility index (Phi) is 9.16. The molecule has 2 aromatic heterocycles. The van der Waals surface area contributed by atoms with Crippen LogP contribution in [0.1, 0.15) is 29.4 Å². The molecule has 0 aliphatic rings. The fourth-order valence-electron chi connectivity index (χ4n) is 2.35. The molecule has 0 spiro atoms. The molecule has 2 heterocycles. The summed E-state index contributed by atoms with van der Waals surface area (Å²) in [5.74, 6) is 0.787. The van der Waals surface area contributed by atoms with Gasteiger partial charge in [0, 0.05) is 28.6 Å². The molecule has 144 valence electrons. The van der Waals surface area contributed by atoms with Crippen LogP contribution in [-0.4, -0.2) is 22.5 Å². The van der Waals surface area contributed by atoms with Gasteiger partial charge in [-0.1, -0.05) is 37.3 Å². The molecule has 0 amide bonds. The maximum atomic E-state index is 4.69. The lowest BCUT2D eigenvalue weighted by molar-refractivity contribution is 0.809. The molecule has 0 aliphatic carbocycles. The Morgan fingerprint density at radius 1 is 1.15 bits per heavy atom. The van der Waals surface area contributed by atoms with Gasteiger partial charge in [-0.3, -0.25) is 0 Å². The van der Waals surface area contributed by atoms with Crippen LogP contribution in [0.2, 0.25) is 0 Å². The summed E-state index contributed by atoms with van der Waals surface area (Å²) in [6.07, 6.45) is 2.98. The predicted octanol–water partition coefficient (Wildman–Crippen LogP) is 4.70. The third-order valence-electron chi connectivity index (χ3n) is 3.67. The van der Waals surface area contributed by atoms with E-state index in [0.29, 0.717) is 13.1 Å². The van der Waals surface area contributed by atoms with Crippen LogP contribution in [0.4, 0.5) is 0 Å². The molecule has 3 rings (SSSR count). The number of nitrogens with one attached hydrogen (secondary N) is 2. The predicted molar refractivity (Wildman–Crippen MR) is 126 cm³/mol. The number of aryl methyl sites for hydroxylation is 1. The molecule has 0 radical (unpaired) electrons. The smallest absolute Gasteiger partial charge is 0.191 e. The lowest BCUT2D eigenvalue weighted by Gasteiger charge is -2.09. The number of rotatable bonds is 7. The Hall–Kier alpha value is -1.52. The van der Waals surface area contributed by atoms with Crippen molar-refractivity contribution in [1.82, 2.24) is 20.6 Å². The molecule has 5 nitrogen and oxygen atoms in total. The first-order chi connectivity index (χ1) is 12.8. The Balaban J connectivity index is 0.00000261. The average molecular weight is 513 g/mol. The molecule has 8 heteroatoms.